The Hall–Kier alpha value is -0.756. The molecule has 0 aromatic carbocycles. The van der Waals surface area contributed by atoms with Gasteiger partial charge in [0.1, 0.15) is 6.29 Å². The van der Waals surface area contributed by atoms with Gasteiger partial charge in [-0.3, -0.25) is 0 Å². The molecule has 0 aliphatic heterocycles. The van der Waals surface area contributed by atoms with Crippen molar-refractivity contribution in [2.24, 2.45) is 34.5 Å². The molecule has 0 aromatic rings. The van der Waals surface area contributed by atoms with Crippen LogP contribution in [0.1, 0.15) is 121 Å². The number of fused-ring (bicyclic) bond motifs is 1. The first-order valence-electron chi connectivity index (χ1n) is 16.2. The van der Waals surface area contributed by atoms with E-state index < -0.39 is 19.5 Å². The first-order valence-corrected chi connectivity index (χ1v) is 18.8. The Morgan fingerprint density at radius 2 is 1.55 bits per heavy atom. The average molecular weight is 587 g/mol. The molecule has 0 amide bonds. The summed E-state index contributed by atoms with van der Waals surface area (Å²) in [6.07, 6.45) is 14.2. The Balaban J connectivity index is 1.85. The third-order valence-electron chi connectivity index (χ3n) is 11.9. The number of hydrogen-bond acceptors (Lipinski definition) is 3. The first-order chi connectivity index (χ1) is 18.4. The maximum Gasteiger partial charge on any atom is 0.168 e. The molecule has 0 radical (unpaired) electrons. The fourth-order valence-electron chi connectivity index (χ4n) is 7.25. The van der Waals surface area contributed by atoms with Gasteiger partial charge in [-0.1, -0.05) is 100 Å². The molecule has 0 heterocycles. The SMILES string of the molecule is C=C1/C(=C\C=C2/CCC[C@]3(C)[C@@H](C(C)(C)C=O)CC[C@@H]23)C[C@@H](O[SiH2]C(C)(C)C(C)C)C[C@@H]1O[SiH2]C(C)(C)C(C)C. The lowest BCUT2D eigenvalue weighted by molar-refractivity contribution is -0.120. The topological polar surface area (TPSA) is 35.5 Å². The Kier molecular flexibility index (Phi) is 10.8. The van der Waals surface area contributed by atoms with E-state index in [0.717, 1.165) is 19.3 Å². The Bertz CT molecular complexity index is 973. The highest BCUT2D eigenvalue weighted by Crippen LogP contribution is 2.61. The van der Waals surface area contributed by atoms with E-state index in [9.17, 15) is 4.79 Å². The number of hydrogen-bond donors (Lipinski definition) is 0. The maximum atomic E-state index is 12.0. The van der Waals surface area contributed by atoms with Gasteiger partial charge in [0, 0.05) is 11.8 Å². The summed E-state index contributed by atoms with van der Waals surface area (Å²) in [6.45, 7) is 30.1. The molecule has 0 saturated heterocycles. The van der Waals surface area contributed by atoms with Crippen LogP contribution in [0.4, 0.5) is 0 Å². The summed E-state index contributed by atoms with van der Waals surface area (Å²) in [7, 11) is -1.42. The van der Waals surface area contributed by atoms with E-state index in [0.29, 0.717) is 23.7 Å². The van der Waals surface area contributed by atoms with E-state index in [4.69, 9.17) is 8.85 Å². The molecule has 0 aromatic heterocycles. The van der Waals surface area contributed by atoms with Crippen LogP contribution in [-0.4, -0.2) is 38.0 Å². The summed E-state index contributed by atoms with van der Waals surface area (Å²) < 4.78 is 13.6. The van der Waals surface area contributed by atoms with Crippen LogP contribution < -0.4 is 0 Å². The van der Waals surface area contributed by atoms with E-state index in [2.05, 4.69) is 94.9 Å². The predicted octanol–water partition coefficient (Wildman–Crippen LogP) is 8.28. The van der Waals surface area contributed by atoms with E-state index in [1.165, 1.54) is 43.1 Å². The van der Waals surface area contributed by atoms with Crippen molar-refractivity contribution in [2.75, 3.05) is 0 Å². The lowest BCUT2D eigenvalue weighted by Gasteiger charge is -2.46. The second-order valence-electron chi connectivity index (χ2n) is 16.4. The van der Waals surface area contributed by atoms with E-state index in [1.54, 1.807) is 5.57 Å². The summed E-state index contributed by atoms with van der Waals surface area (Å²) in [5.74, 6) is 2.28. The molecular formula is C35H62O3Si2. The molecule has 3 rings (SSSR count). The Morgan fingerprint density at radius 1 is 0.950 bits per heavy atom. The third kappa shape index (κ3) is 7.41. The van der Waals surface area contributed by atoms with Gasteiger partial charge < -0.3 is 13.6 Å². The molecule has 3 fully saturated rings. The molecule has 3 aliphatic carbocycles. The molecule has 5 atom stereocenters. The monoisotopic (exact) mass is 586 g/mol. The molecule has 5 heteroatoms. The van der Waals surface area contributed by atoms with Gasteiger partial charge in [-0.05, 0) is 88.8 Å². The van der Waals surface area contributed by atoms with Gasteiger partial charge in [0.25, 0.3) is 0 Å². The number of allylic oxidation sites excluding steroid dienone is 3. The molecule has 0 unspecified atom stereocenters. The van der Waals surface area contributed by atoms with Crippen molar-refractivity contribution in [3.8, 4) is 0 Å². The van der Waals surface area contributed by atoms with Crippen LogP contribution in [0.25, 0.3) is 0 Å². The van der Waals surface area contributed by atoms with Crippen molar-refractivity contribution in [1.82, 2.24) is 0 Å². The minimum absolute atomic E-state index is 0.0742. The Morgan fingerprint density at radius 3 is 2.12 bits per heavy atom. The zero-order chi connectivity index (χ0) is 30.1. The van der Waals surface area contributed by atoms with Crippen LogP contribution >= 0.6 is 0 Å². The molecule has 228 valence electrons. The van der Waals surface area contributed by atoms with E-state index >= 15 is 0 Å². The smallest absolute Gasteiger partial charge is 0.168 e. The number of carbonyl (C=O) groups excluding carboxylic acids is 1. The summed E-state index contributed by atoms with van der Waals surface area (Å²) in [4.78, 5) is 12.0. The van der Waals surface area contributed by atoms with Gasteiger partial charge in [-0.25, -0.2) is 0 Å². The number of aldehydes is 1. The standard InChI is InChI=1S/C35H62O3Si2/c1-23(2)33(8,9)39-37-28-20-27(25(5)30(21-28)38-40-34(10,11)24(3)4)16-15-26-14-13-19-35(12)29(26)17-18-31(35)32(6,7)22-36/h15-16,22-24,28-31H,5,13-14,17-21,39-40H2,1-4,6-12H3/b26-15+,27-16-/t28-,29+,30+,31-,35+/m1/s1. The van der Waals surface area contributed by atoms with Crippen molar-refractivity contribution in [2.45, 2.75) is 143 Å². The fourth-order valence-corrected chi connectivity index (χ4v) is 9.81. The van der Waals surface area contributed by atoms with Crippen LogP contribution in [0.2, 0.25) is 10.1 Å². The van der Waals surface area contributed by atoms with Crippen molar-refractivity contribution in [1.29, 1.82) is 0 Å². The molecule has 0 spiro atoms. The highest BCUT2D eigenvalue weighted by Gasteiger charge is 2.54. The average Bonchev–Trinajstić information content (AvgIpc) is 3.24. The lowest BCUT2D eigenvalue weighted by Crippen LogP contribution is -2.40. The second kappa shape index (κ2) is 12.9. The molecule has 3 saturated carbocycles. The quantitative estimate of drug-likeness (QED) is 0.180. The second-order valence-corrected chi connectivity index (χ2v) is 21.3. The van der Waals surface area contributed by atoms with Gasteiger partial charge in [0.2, 0.25) is 0 Å². The molecule has 40 heavy (non-hydrogen) atoms. The summed E-state index contributed by atoms with van der Waals surface area (Å²) in [5, 5.41) is 0.543. The first kappa shape index (κ1) is 33.7. The fraction of sp³-hybridized carbons (Fsp3) is 0.800. The van der Waals surface area contributed by atoms with Crippen LogP contribution in [0, 0.1) is 34.5 Å². The summed E-state index contributed by atoms with van der Waals surface area (Å²) >= 11 is 0. The molecule has 0 bridgehead atoms. The summed E-state index contributed by atoms with van der Waals surface area (Å²) in [6, 6.07) is 0. The van der Waals surface area contributed by atoms with Gasteiger partial charge in [-0.2, -0.15) is 0 Å². The summed E-state index contributed by atoms with van der Waals surface area (Å²) in [5.41, 5.74) is 4.06. The van der Waals surface area contributed by atoms with Crippen molar-refractivity contribution >= 4 is 25.8 Å². The molecule has 0 N–H and O–H groups in total. The molecule has 3 aliphatic rings. The normalized spacial score (nSPS) is 33.0. The minimum atomic E-state index is -0.734. The van der Waals surface area contributed by atoms with E-state index in [-0.39, 0.29) is 33.1 Å². The van der Waals surface area contributed by atoms with E-state index in [1.807, 2.05) is 0 Å². The molecular weight excluding hydrogens is 525 g/mol. The van der Waals surface area contributed by atoms with Crippen LogP contribution in [-0.2, 0) is 13.6 Å². The lowest BCUT2D eigenvalue weighted by atomic mass is 9.58. The predicted molar refractivity (Wildman–Crippen MR) is 177 cm³/mol. The number of carbonyl (C=O) groups is 1. The van der Waals surface area contributed by atoms with Crippen LogP contribution in [0.3, 0.4) is 0 Å². The highest BCUT2D eigenvalue weighted by atomic mass is 28.2. The van der Waals surface area contributed by atoms with Gasteiger partial charge in [-0.15, -0.1) is 0 Å². The van der Waals surface area contributed by atoms with Crippen LogP contribution in [0.5, 0.6) is 0 Å². The maximum absolute atomic E-state index is 12.0. The zero-order valence-corrected chi connectivity index (χ0v) is 30.8. The van der Waals surface area contributed by atoms with Gasteiger partial charge in [0.05, 0.1) is 12.2 Å². The van der Waals surface area contributed by atoms with Gasteiger partial charge in [0.15, 0.2) is 19.5 Å². The highest BCUT2D eigenvalue weighted by molar-refractivity contribution is 6.32. The number of rotatable bonds is 11. The third-order valence-corrected chi connectivity index (χ3v) is 16.2. The van der Waals surface area contributed by atoms with Crippen LogP contribution in [0.15, 0.2) is 35.5 Å². The molecule has 3 nitrogen and oxygen atoms in total. The van der Waals surface area contributed by atoms with Crippen molar-refractivity contribution in [3.63, 3.8) is 0 Å². The van der Waals surface area contributed by atoms with Crippen molar-refractivity contribution < 1.29 is 13.6 Å². The van der Waals surface area contributed by atoms with Crippen molar-refractivity contribution in [3.05, 3.63) is 35.5 Å². The van der Waals surface area contributed by atoms with Gasteiger partial charge >= 0.3 is 0 Å². The zero-order valence-electron chi connectivity index (χ0n) is 28.0. The minimum Gasteiger partial charge on any atom is -0.420 e. The largest absolute Gasteiger partial charge is 0.420 e. The Labute approximate surface area is 252 Å².